The normalized spacial score (nSPS) is 24.1. The Morgan fingerprint density at radius 3 is 2.60 bits per heavy atom. The molecule has 1 heterocycles. The molecule has 1 amide bonds. The van der Waals surface area contributed by atoms with E-state index in [4.69, 9.17) is 9.47 Å². The zero-order valence-corrected chi connectivity index (χ0v) is 18.3. The minimum Gasteiger partial charge on any atom is -0.449 e. The predicted molar refractivity (Wildman–Crippen MR) is 110 cm³/mol. The van der Waals surface area contributed by atoms with Crippen LogP contribution in [0.15, 0.2) is 29.2 Å². The van der Waals surface area contributed by atoms with Gasteiger partial charge in [0.05, 0.1) is 23.7 Å². The molecule has 0 radical (unpaired) electrons. The quantitative estimate of drug-likeness (QED) is 0.681. The standard InChI is InChI=1S/C21H30N2O6S/c1-15-6-3-4-9-19(15)22-20(24)16(2)29-21(25)17-7-5-8-18(14-17)30(26,27)23-10-12-28-13-11-23/h5,7-8,14-16,19H,3-4,6,9-13H2,1-2H3,(H,22,24)/t15-,16-,19-/m1/s1. The summed E-state index contributed by atoms with van der Waals surface area (Å²) in [6.07, 6.45) is 3.28. The minimum absolute atomic E-state index is 0.0204. The van der Waals surface area contributed by atoms with Gasteiger partial charge in [0.2, 0.25) is 10.0 Å². The lowest BCUT2D eigenvalue weighted by molar-refractivity contribution is -0.130. The molecule has 9 heteroatoms. The van der Waals surface area contributed by atoms with Crippen molar-refractivity contribution in [3.63, 3.8) is 0 Å². The average molecular weight is 439 g/mol. The van der Waals surface area contributed by atoms with E-state index in [-0.39, 0.29) is 35.5 Å². The highest BCUT2D eigenvalue weighted by atomic mass is 32.2. The minimum atomic E-state index is -3.72. The van der Waals surface area contributed by atoms with Crippen molar-refractivity contribution in [1.82, 2.24) is 9.62 Å². The fraction of sp³-hybridized carbons (Fsp3) is 0.619. The van der Waals surface area contributed by atoms with E-state index in [0.717, 1.165) is 19.3 Å². The average Bonchev–Trinajstić information content (AvgIpc) is 2.76. The number of carbonyl (C=O) groups is 2. The molecule has 0 unspecified atom stereocenters. The highest BCUT2D eigenvalue weighted by molar-refractivity contribution is 7.89. The highest BCUT2D eigenvalue weighted by Crippen LogP contribution is 2.24. The number of hydrogen-bond acceptors (Lipinski definition) is 6. The maximum Gasteiger partial charge on any atom is 0.338 e. The molecule has 1 saturated heterocycles. The first-order valence-corrected chi connectivity index (χ1v) is 11.9. The lowest BCUT2D eigenvalue weighted by Gasteiger charge is -2.30. The number of nitrogens with zero attached hydrogens (tertiary/aromatic N) is 1. The van der Waals surface area contributed by atoms with Crippen LogP contribution in [0.2, 0.25) is 0 Å². The molecular weight excluding hydrogens is 408 g/mol. The summed E-state index contributed by atoms with van der Waals surface area (Å²) >= 11 is 0. The molecule has 1 aliphatic heterocycles. The van der Waals surface area contributed by atoms with Crippen molar-refractivity contribution in [2.45, 2.75) is 56.6 Å². The van der Waals surface area contributed by atoms with Crippen molar-refractivity contribution >= 4 is 21.9 Å². The van der Waals surface area contributed by atoms with E-state index in [1.807, 2.05) is 0 Å². The van der Waals surface area contributed by atoms with Crippen LogP contribution in [-0.2, 0) is 24.3 Å². The maximum absolute atomic E-state index is 12.8. The third-order valence-corrected chi connectivity index (χ3v) is 7.66. The number of esters is 1. The van der Waals surface area contributed by atoms with Crippen LogP contribution in [0.3, 0.4) is 0 Å². The van der Waals surface area contributed by atoms with Gasteiger partial charge in [-0.15, -0.1) is 0 Å². The molecule has 0 bridgehead atoms. The van der Waals surface area contributed by atoms with E-state index in [1.165, 1.54) is 41.9 Å². The Balaban J connectivity index is 1.63. The van der Waals surface area contributed by atoms with E-state index in [2.05, 4.69) is 12.2 Å². The van der Waals surface area contributed by atoms with Gasteiger partial charge in [0, 0.05) is 19.1 Å². The number of hydrogen-bond donors (Lipinski definition) is 1. The number of nitrogens with one attached hydrogen (secondary N) is 1. The number of benzene rings is 1. The second kappa shape index (κ2) is 9.89. The molecule has 3 atom stereocenters. The first-order chi connectivity index (χ1) is 14.3. The van der Waals surface area contributed by atoms with E-state index in [1.54, 1.807) is 0 Å². The van der Waals surface area contributed by atoms with Gasteiger partial charge in [-0.2, -0.15) is 4.31 Å². The van der Waals surface area contributed by atoms with E-state index >= 15 is 0 Å². The molecule has 2 aliphatic rings. The Kier molecular flexibility index (Phi) is 7.49. The number of amides is 1. The van der Waals surface area contributed by atoms with Gasteiger partial charge in [-0.3, -0.25) is 4.79 Å². The lowest BCUT2D eigenvalue weighted by atomic mass is 9.86. The maximum atomic E-state index is 12.8. The SMILES string of the molecule is C[C@@H]1CCCC[C@H]1NC(=O)[C@@H](C)OC(=O)c1cccc(S(=O)(=O)N2CCOCC2)c1. The van der Waals surface area contributed by atoms with Crippen molar-refractivity contribution < 1.29 is 27.5 Å². The molecular formula is C21H30N2O6S. The van der Waals surface area contributed by atoms with Gasteiger partial charge in [-0.25, -0.2) is 13.2 Å². The van der Waals surface area contributed by atoms with E-state index < -0.39 is 22.1 Å². The van der Waals surface area contributed by atoms with Crippen LogP contribution in [0.25, 0.3) is 0 Å². The Morgan fingerprint density at radius 2 is 1.90 bits per heavy atom. The van der Waals surface area contributed by atoms with Gasteiger partial charge in [-0.05, 0) is 43.9 Å². The second-order valence-electron chi connectivity index (χ2n) is 7.97. The first-order valence-electron chi connectivity index (χ1n) is 10.5. The predicted octanol–water partition coefficient (Wildman–Crippen LogP) is 1.95. The monoisotopic (exact) mass is 438 g/mol. The highest BCUT2D eigenvalue weighted by Gasteiger charge is 2.29. The molecule has 1 N–H and O–H groups in total. The molecule has 2 fully saturated rings. The molecule has 0 aromatic heterocycles. The molecule has 3 rings (SSSR count). The van der Waals surface area contributed by atoms with Gasteiger partial charge < -0.3 is 14.8 Å². The smallest absolute Gasteiger partial charge is 0.338 e. The van der Waals surface area contributed by atoms with Crippen LogP contribution in [0.4, 0.5) is 0 Å². The van der Waals surface area contributed by atoms with E-state index in [0.29, 0.717) is 19.1 Å². The number of carbonyl (C=O) groups excluding carboxylic acids is 2. The van der Waals surface area contributed by atoms with Crippen LogP contribution in [0.5, 0.6) is 0 Å². The summed E-state index contributed by atoms with van der Waals surface area (Å²) in [5.41, 5.74) is 0.0926. The summed E-state index contributed by atoms with van der Waals surface area (Å²) in [4.78, 5) is 25.0. The van der Waals surface area contributed by atoms with Gasteiger partial charge in [0.1, 0.15) is 0 Å². The van der Waals surface area contributed by atoms with Crippen LogP contribution < -0.4 is 5.32 Å². The zero-order valence-electron chi connectivity index (χ0n) is 17.5. The Bertz CT molecular complexity index is 866. The Labute approximate surface area is 178 Å². The van der Waals surface area contributed by atoms with E-state index in [9.17, 15) is 18.0 Å². The fourth-order valence-electron chi connectivity index (χ4n) is 3.83. The van der Waals surface area contributed by atoms with Crippen LogP contribution >= 0.6 is 0 Å². The summed E-state index contributed by atoms with van der Waals surface area (Å²) in [5.74, 6) is -0.666. The molecule has 1 aromatic carbocycles. The van der Waals surface area contributed by atoms with Crippen LogP contribution in [0.1, 0.15) is 49.9 Å². The third-order valence-electron chi connectivity index (χ3n) is 5.77. The molecule has 8 nitrogen and oxygen atoms in total. The summed E-state index contributed by atoms with van der Waals surface area (Å²) in [6, 6.07) is 5.81. The summed E-state index contributed by atoms with van der Waals surface area (Å²) < 4.78 is 37.4. The summed E-state index contributed by atoms with van der Waals surface area (Å²) in [5, 5.41) is 2.97. The van der Waals surface area contributed by atoms with Crippen molar-refractivity contribution in [2.24, 2.45) is 5.92 Å². The number of sulfonamides is 1. The van der Waals surface area contributed by atoms with Gasteiger partial charge in [-0.1, -0.05) is 25.8 Å². The number of ether oxygens (including phenoxy) is 2. The zero-order chi connectivity index (χ0) is 21.7. The number of morpholine rings is 1. The van der Waals surface area contributed by atoms with Crippen molar-refractivity contribution in [3.8, 4) is 0 Å². The van der Waals surface area contributed by atoms with Crippen LogP contribution in [0, 0.1) is 5.92 Å². The van der Waals surface area contributed by atoms with Crippen molar-refractivity contribution in [1.29, 1.82) is 0 Å². The Hall–Kier alpha value is -1.97. The summed E-state index contributed by atoms with van der Waals surface area (Å²) in [6.45, 7) is 4.86. The topological polar surface area (TPSA) is 102 Å². The van der Waals surface area contributed by atoms with Crippen molar-refractivity contribution in [3.05, 3.63) is 29.8 Å². The molecule has 166 valence electrons. The van der Waals surface area contributed by atoms with Gasteiger partial charge >= 0.3 is 5.97 Å². The Morgan fingerprint density at radius 1 is 1.20 bits per heavy atom. The molecule has 30 heavy (non-hydrogen) atoms. The molecule has 1 aromatic rings. The van der Waals surface area contributed by atoms with Crippen molar-refractivity contribution in [2.75, 3.05) is 26.3 Å². The molecule has 1 saturated carbocycles. The first kappa shape index (κ1) is 22.7. The fourth-order valence-corrected chi connectivity index (χ4v) is 5.29. The summed E-state index contributed by atoms with van der Waals surface area (Å²) in [7, 11) is -3.72. The largest absolute Gasteiger partial charge is 0.449 e. The number of rotatable bonds is 6. The third kappa shape index (κ3) is 5.39. The van der Waals surface area contributed by atoms with Gasteiger partial charge in [0.15, 0.2) is 6.10 Å². The van der Waals surface area contributed by atoms with Crippen LogP contribution in [-0.4, -0.2) is 63.0 Å². The lowest BCUT2D eigenvalue weighted by Crippen LogP contribution is -2.46. The van der Waals surface area contributed by atoms with Gasteiger partial charge in [0.25, 0.3) is 5.91 Å². The molecule has 0 spiro atoms. The molecule has 1 aliphatic carbocycles. The second-order valence-corrected chi connectivity index (χ2v) is 9.91.